The van der Waals surface area contributed by atoms with Gasteiger partial charge in [0.2, 0.25) is 5.56 Å². The Bertz CT molecular complexity index is 1540. The number of halogens is 3. The molecule has 3 aromatic heterocycles. The molecular weight excluding hydrogens is 478 g/mol. The first-order valence-corrected chi connectivity index (χ1v) is 11.5. The van der Waals surface area contributed by atoms with E-state index in [0.29, 0.717) is 36.4 Å². The molecule has 0 saturated carbocycles. The molecule has 35 heavy (non-hydrogen) atoms. The number of hydrogen-bond donors (Lipinski definition) is 1. The van der Waals surface area contributed by atoms with Crippen LogP contribution in [0.3, 0.4) is 0 Å². The van der Waals surface area contributed by atoms with Crippen LogP contribution in [-0.2, 0) is 4.74 Å². The predicted octanol–water partition coefficient (Wildman–Crippen LogP) is 4.63. The van der Waals surface area contributed by atoms with Crippen LogP contribution in [0.15, 0.2) is 46.1 Å². The Morgan fingerprint density at radius 1 is 1.14 bits per heavy atom. The average Bonchev–Trinajstić information content (AvgIpc) is 2.83. The Morgan fingerprint density at radius 2 is 1.89 bits per heavy atom. The molecule has 180 valence electrons. The van der Waals surface area contributed by atoms with Crippen LogP contribution < -0.4 is 11.1 Å². The van der Waals surface area contributed by atoms with Crippen LogP contribution in [0.2, 0.25) is 5.02 Å². The number of aromatic amines is 1. The van der Waals surface area contributed by atoms with Gasteiger partial charge in [-0.1, -0.05) is 11.6 Å². The number of H-pyrrole nitrogens is 1. The van der Waals surface area contributed by atoms with E-state index in [4.69, 9.17) is 16.3 Å². The van der Waals surface area contributed by atoms with Crippen molar-refractivity contribution in [3.8, 4) is 11.1 Å². The largest absolute Gasteiger partial charge is 0.373 e. The number of benzene rings is 1. The lowest BCUT2D eigenvalue weighted by Crippen LogP contribution is -2.26. The first-order valence-electron chi connectivity index (χ1n) is 11.1. The summed E-state index contributed by atoms with van der Waals surface area (Å²) in [4.78, 5) is 31.6. The molecular formula is C25H21ClF2N4O3. The van der Waals surface area contributed by atoms with Crippen LogP contribution >= 0.6 is 11.6 Å². The van der Waals surface area contributed by atoms with Crippen LogP contribution in [-0.4, -0.2) is 26.2 Å². The van der Waals surface area contributed by atoms with Gasteiger partial charge in [0.05, 0.1) is 17.4 Å². The van der Waals surface area contributed by atoms with Crippen LogP contribution in [0, 0.1) is 25.5 Å². The van der Waals surface area contributed by atoms with Crippen molar-refractivity contribution in [1.29, 1.82) is 0 Å². The van der Waals surface area contributed by atoms with Crippen molar-refractivity contribution in [3.63, 3.8) is 0 Å². The van der Waals surface area contributed by atoms with Crippen molar-refractivity contribution in [3.05, 3.63) is 96.4 Å². The summed E-state index contributed by atoms with van der Waals surface area (Å²) in [7, 11) is 0. The summed E-state index contributed by atoms with van der Waals surface area (Å²) in [5.41, 5.74) is 1.37. The Morgan fingerprint density at radius 3 is 2.57 bits per heavy atom. The van der Waals surface area contributed by atoms with Crippen LogP contribution in [0.4, 0.5) is 8.78 Å². The number of pyridine rings is 1. The maximum atomic E-state index is 15.0. The molecule has 7 nitrogen and oxygen atoms in total. The van der Waals surface area contributed by atoms with Crippen molar-refractivity contribution >= 4 is 17.2 Å². The number of ether oxygens (including phenoxy) is 1. The molecule has 1 aliphatic heterocycles. The first kappa shape index (κ1) is 23.3. The maximum Gasteiger partial charge on any atom is 0.277 e. The van der Waals surface area contributed by atoms with E-state index in [9.17, 15) is 18.4 Å². The third-order valence-corrected chi connectivity index (χ3v) is 6.66. The molecule has 2 unspecified atom stereocenters. The quantitative estimate of drug-likeness (QED) is 0.445. The number of fused-ring (bicyclic) bond motifs is 1. The van der Waals surface area contributed by atoms with Gasteiger partial charge in [0, 0.05) is 46.6 Å². The monoisotopic (exact) mass is 498 g/mol. The summed E-state index contributed by atoms with van der Waals surface area (Å²) in [5.74, 6) is -1.89. The molecule has 0 bridgehead atoms. The predicted molar refractivity (Wildman–Crippen MR) is 127 cm³/mol. The van der Waals surface area contributed by atoms with E-state index in [1.54, 1.807) is 32.2 Å². The van der Waals surface area contributed by atoms with Crippen LogP contribution in [0.1, 0.15) is 47.4 Å². The zero-order valence-corrected chi connectivity index (χ0v) is 19.7. The van der Waals surface area contributed by atoms with Gasteiger partial charge in [-0.15, -0.1) is 0 Å². The Hall–Kier alpha value is -3.43. The standard InChI is InChI=1S/C25H21ClF2N4O3/c1-12-13(2)30-24-17(23-18(27)8-16(26)9-19(23)28)10-20(31-32(24)25(12)34)14-5-6-35-21(7-14)15-3-4-22(33)29-11-15/h3-4,8-11,14,21H,5-7H2,1-2H3,(H,29,33). The van der Waals surface area contributed by atoms with Crippen LogP contribution in [0.25, 0.3) is 16.8 Å². The lowest BCUT2D eigenvalue weighted by Gasteiger charge is -2.29. The minimum atomic E-state index is -0.861. The third kappa shape index (κ3) is 4.26. The summed E-state index contributed by atoms with van der Waals surface area (Å²) >= 11 is 5.84. The van der Waals surface area contributed by atoms with Gasteiger partial charge in [-0.05, 0) is 56.5 Å². The minimum absolute atomic E-state index is 0.0613. The van der Waals surface area contributed by atoms with E-state index >= 15 is 0 Å². The van der Waals surface area contributed by atoms with E-state index in [1.807, 2.05) is 0 Å². The van der Waals surface area contributed by atoms with Gasteiger partial charge in [-0.2, -0.15) is 9.61 Å². The molecule has 5 rings (SSSR count). The van der Waals surface area contributed by atoms with Crippen molar-refractivity contribution in [1.82, 2.24) is 19.6 Å². The van der Waals surface area contributed by atoms with Gasteiger partial charge in [0.25, 0.3) is 5.56 Å². The molecule has 10 heteroatoms. The van der Waals surface area contributed by atoms with Crippen molar-refractivity contribution < 1.29 is 13.5 Å². The SMILES string of the molecule is Cc1nc2c(-c3c(F)cc(Cl)cc3F)cc(C3CCOC(c4ccc(=O)[nH]c4)C3)nn2c(=O)c1C. The molecule has 1 fully saturated rings. The summed E-state index contributed by atoms with van der Waals surface area (Å²) in [6.45, 7) is 3.71. The van der Waals surface area contributed by atoms with E-state index in [1.165, 1.54) is 6.07 Å². The average molecular weight is 499 g/mol. The molecule has 2 atom stereocenters. The molecule has 1 aromatic carbocycles. The van der Waals surface area contributed by atoms with Gasteiger partial charge in [-0.3, -0.25) is 9.59 Å². The van der Waals surface area contributed by atoms with Crippen LogP contribution in [0.5, 0.6) is 0 Å². The molecule has 0 radical (unpaired) electrons. The summed E-state index contributed by atoms with van der Waals surface area (Å²) in [6.07, 6.45) is 2.39. The lowest BCUT2D eigenvalue weighted by molar-refractivity contribution is 0.00428. The highest BCUT2D eigenvalue weighted by molar-refractivity contribution is 6.30. The fourth-order valence-corrected chi connectivity index (χ4v) is 4.62. The Kier molecular flexibility index (Phi) is 5.98. The van der Waals surface area contributed by atoms with Gasteiger partial charge >= 0.3 is 0 Å². The molecule has 0 aliphatic carbocycles. The van der Waals surface area contributed by atoms with Gasteiger partial charge in [0.15, 0.2) is 5.65 Å². The number of nitrogens with zero attached hydrogens (tertiary/aromatic N) is 3. The lowest BCUT2D eigenvalue weighted by atomic mass is 9.89. The molecule has 0 spiro atoms. The first-order chi connectivity index (χ1) is 16.7. The number of rotatable bonds is 3. The third-order valence-electron chi connectivity index (χ3n) is 6.44. The number of hydrogen-bond acceptors (Lipinski definition) is 5. The second-order valence-corrected chi connectivity index (χ2v) is 9.09. The summed E-state index contributed by atoms with van der Waals surface area (Å²) in [6, 6.07) is 6.76. The molecule has 1 N–H and O–H groups in total. The molecule has 4 aromatic rings. The highest BCUT2D eigenvalue weighted by atomic mass is 35.5. The van der Waals surface area contributed by atoms with E-state index in [2.05, 4.69) is 15.1 Å². The van der Waals surface area contributed by atoms with E-state index in [0.717, 1.165) is 22.2 Å². The molecule has 1 saturated heterocycles. The summed E-state index contributed by atoms with van der Waals surface area (Å²) < 4.78 is 37.0. The van der Waals surface area contributed by atoms with Gasteiger partial charge < -0.3 is 9.72 Å². The van der Waals surface area contributed by atoms with Gasteiger partial charge in [-0.25, -0.2) is 13.8 Å². The number of aromatic nitrogens is 4. The van der Waals surface area contributed by atoms with Crippen molar-refractivity contribution in [2.45, 2.75) is 38.7 Å². The Balaban J connectivity index is 1.69. The summed E-state index contributed by atoms with van der Waals surface area (Å²) in [5, 5.41) is 4.49. The maximum absolute atomic E-state index is 15.0. The highest BCUT2D eigenvalue weighted by Crippen LogP contribution is 2.39. The second kappa shape index (κ2) is 8.98. The normalized spacial score (nSPS) is 18.2. The van der Waals surface area contributed by atoms with E-state index in [-0.39, 0.29) is 39.4 Å². The fraction of sp³-hybridized carbons (Fsp3) is 0.280. The van der Waals surface area contributed by atoms with Crippen molar-refractivity contribution in [2.24, 2.45) is 0 Å². The highest BCUT2D eigenvalue weighted by Gasteiger charge is 2.29. The Labute approximate surface area is 203 Å². The molecule has 0 amide bonds. The smallest absolute Gasteiger partial charge is 0.277 e. The van der Waals surface area contributed by atoms with E-state index < -0.39 is 17.2 Å². The topological polar surface area (TPSA) is 89.3 Å². The second-order valence-electron chi connectivity index (χ2n) is 8.66. The minimum Gasteiger partial charge on any atom is -0.373 e. The fourth-order valence-electron chi connectivity index (χ4n) is 4.43. The molecule has 4 heterocycles. The number of nitrogens with one attached hydrogen (secondary N) is 1. The van der Waals surface area contributed by atoms with Crippen molar-refractivity contribution in [2.75, 3.05) is 6.61 Å². The zero-order valence-electron chi connectivity index (χ0n) is 18.9. The zero-order chi connectivity index (χ0) is 24.9. The number of aryl methyl sites for hydroxylation is 1. The molecule has 1 aliphatic rings. The van der Waals surface area contributed by atoms with Gasteiger partial charge in [0.1, 0.15) is 11.6 Å².